The third kappa shape index (κ3) is 2.18. The van der Waals surface area contributed by atoms with Gasteiger partial charge in [-0.3, -0.25) is 4.84 Å². The van der Waals surface area contributed by atoms with E-state index in [1.807, 2.05) is 6.07 Å². The highest BCUT2D eigenvalue weighted by Gasteiger charge is 2.02. The fourth-order valence-electron chi connectivity index (χ4n) is 1.01. The summed E-state index contributed by atoms with van der Waals surface area (Å²) in [6.45, 7) is 0.308. The number of nitriles is 1. The van der Waals surface area contributed by atoms with Gasteiger partial charge in [0.05, 0.1) is 19.3 Å². The number of nitrogens with zero attached hydrogens (tertiary/aromatic N) is 1. The summed E-state index contributed by atoms with van der Waals surface area (Å²) in [4.78, 5) is 4.46. The lowest BCUT2D eigenvalue weighted by molar-refractivity contribution is 0.124. The molecule has 13 heavy (non-hydrogen) atoms. The molecule has 0 spiro atoms. The Labute approximate surface area is 76.4 Å². The molecule has 1 rings (SSSR count). The molecule has 4 nitrogen and oxygen atoms in total. The molecule has 0 aromatic heterocycles. The van der Waals surface area contributed by atoms with E-state index in [9.17, 15) is 0 Å². The molecule has 0 aliphatic rings. The molecular formula is C9H10N2O2. The third-order valence-electron chi connectivity index (χ3n) is 1.64. The third-order valence-corrected chi connectivity index (χ3v) is 1.64. The zero-order valence-electron chi connectivity index (χ0n) is 7.28. The second-order valence-corrected chi connectivity index (χ2v) is 2.46. The zero-order chi connectivity index (χ0) is 9.68. The Bertz CT molecular complexity index is 331. The Morgan fingerprint density at radius 1 is 1.54 bits per heavy atom. The summed E-state index contributed by atoms with van der Waals surface area (Å²) in [6.07, 6.45) is 0. The number of rotatable bonds is 3. The summed E-state index contributed by atoms with van der Waals surface area (Å²) in [5.74, 6) is 5.46. The first kappa shape index (κ1) is 9.52. The van der Waals surface area contributed by atoms with Gasteiger partial charge in [-0.25, -0.2) is 5.90 Å². The van der Waals surface area contributed by atoms with Crippen LogP contribution in [0.1, 0.15) is 11.1 Å². The normalized spacial score (nSPS) is 9.31. The maximum atomic E-state index is 8.68. The lowest BCUT2D eigenvalue weighted by atomic mass is 10.1. The highest BCUT2D eigenvalue weighted by Crippen LogP contribution is 2.19. The van der Waals surface area contributed by atoms with Gasteiger partial charge in [-0.05, 0) is 17.7 Å². The second kappa shape index (κ2) is 4.45. The largest absolute Gasteiger partial charge is 0.495 e. The lowest BCUT2D eigenvalue weighted by Gasteiger charge is -2.04. The lowest BCUT2D eigenvalue weighted by Crippen LogP contribution is -1.99. The van der Waals surface area contributed by atoms with Gasteiger partial charge >= 0.3 is 0 Å². The van der Waals surface area contributed by atoms with Crippen molar-refractivity contribution in [3.63, 3.8) is 0 Å². The van der Waals surface area contributed by atoms with E-state index < -0.39 is 0 Å². The van der Waals surface area contributed by atoms with Crippen LogP contribution in [-0.4, -0.2) is 7.11 Å². The van der Waals surface area contributed by atoms with Crippen LogP contribution in [-0.2, 0) is 11.4 Å². The van der Waals surface area contributed by atoms with Crippen molar-refractivity contribution < 1.29 is 9.57 Å². The van der Waals surface area contributed by atoms with Crippen LogP contribution in [0.5, 0.6) is 5.75 Å². The maximum Gasteiger partial charge on any atom is 0.136 e. The molecule has 0 atom stereocenters. The van der Waals surface area contributed by atoms with Crippen LogP contribution >= 0.6 is 0 Å². The average Bonchev–Trinajstić information content (AvgIpc) is 2.18. The summed E-state index contributed by atoms with van der Waals surface area (Å²) >= 11 is 0. The predicted octanol–water partition coefficient (Wildman–Crippen LogP) is 0.957. The monoisotopic (exact) mass is 178 g/mol. The smallest absolute Gasteiger partial charge is 0.136 e. The van der Waals surface area contributed by atoms with Gasteiger partial charge in [0.1, 0.15) is 11.8 Å². The summed E-state index contributed by atoms with van der Waals surface area (Å²) in [7, 11) is 1.52. The minimum Gasteiger partial charge on any atom is -0.495 e. The van der Waals surface area contributed by atoms with E-state index in [-0.39, 0.29) is 0 Å². The quantitative estimate of drug-likeness (QED) is 0.700. The molecule has 0 aliphatic carbocycles. The molecule has 0 amide bonds. The SMILES string of the molecule is COc1cc(CON)ccc1C#N. The molecule has 0 radical (unpaired) electrons. The van der Waals surface area contributed by atoms with Gasteiger partial charge in [-0.15, -0.1) is 0 Å². The fraction of sp³-hybridized carbons (Fsp3) is 0.222. The molecule has 0 heterocycles. The van der Waals surface area contributed by atoms with Crippen molar-refractivity contribution in [1.29, 1.82) is 5.26 Å². The van der Waals surface area contributed by atoms with Gasteiger partial charge in [-0.2, -0.15) is 5.26 Å². The van der Waals surface area contributed by atoms with Crippen molar-refractivity contribution in [3.05, 3.63) is 29.3 Å². The van der Waals surface area contributed by atoms with Gasteiger partial charge < -0.3 is 4.74 Å². The molecule has 0 unspecified atom stereocenters. The Hall–Kier alpha value is -1.57. The van der Waals surface area contributed by atoms with E-state index in [1.165, 1.54) is 7.11 Å². The van der Waals surface area contributed by atoms with Crippen LogP contribution in [0.2, 0.25) is 0 Å². The van der Waals surface area contributed by atoms with E-state index in [4.69, 9.17) is 15.9 Å². The van der Waals surface area contributed by atoms with E-state index in [0.717, 1.165) is 5.56 Å². The van der Waals surface area contributed by atoms with Crippen molar-refractivity contribution >= 4 is 0 Å². The second-order valence-electron chi connectivity index (χ2n) is 2.46. The van der Waals surface area contributed by atoms with Crippen LogP contribution in [0.25, 0.3) is 0 Å². The standard InChI is InChI=1S/C9H10N2O2/c1-12-9-4-7(6-13-11)2-3-8(9)5-10/h2-4H,6,11H2,1H3. The number of nitrogens with two attached hydrogens (primary N) is 1. The molecule has 0 saturated heterocycles. The Morgan fingerprint density at radius 3 is 2.85 bits per heavy atom. The summed E-state index contributed by atoms with van der Waals surface area (Å²) < 4.78 is 5.00. The molecule has 1 aromatic carbocycles. The topological polar surface area (TPSA) is 68.3 Å². The fourth-order valence-corrected chi connectivity index (χ4v) is 1.01. The van der Waals surface area contributed by atoms with Crippen molar-refractivity contribution in [2.45, 2.75) is 6.61 Å². The number of benzene rings is 1. The van der Waals surface area contributed by atoms with Crippen LogP contribution in [0.3, 0.4) is 0 Å². The van der Waals surface area contributed by atoms with Gasteiger partial charge in [0, 0.05) is 0 Å². The van der Waals surface area contributed by atoms with Crippen LogP contribution in [0, 0.1) is 11.3 Å². The number of methoxy groups -OCH3 is 1. The summed E-state index contributed by atoms with van der Waals surface area (Å²) in [5.41, 5.74) is 1.38. The maximum absolute atomic E-state index is 8.68. The summed E-state index contributed by atoms with van der Waals surface area (Å²) in [6, 6.07) is 7.19. The van der Waals surface area contributed by atoms with E-state index in [2.05, 4.69) is 4.84 Å². The first-order valence-electron chi connectivity index (χ1n) is 3.70. The first-order chi connectivity index (χ1) is 6.31. The van der Waals surface area contributed by atoms with Crippen molar-refractivity contribution in [3.8, 4) is 11.8 Å². The number of ether oxygens (including phenoxy) is 1. The molecule has 68 valence electrons. The van der Waals surface area contributed by atoms with Crippen LogP contribution in [0.4, 0.5) is 0 Å². The van der Waals surface area contributed by atoms with Gasteiger partial charge in [0.15, 0.2) is 0 Å². The molecular weight excluding hydrogens is 168 g/mol. The molecule has 1 aromatic rings. The van der Waals surface area contributed by atoms with Crippen molar-refractivity contribution in [2.75, 3.05) is 7.11 Å². The molecule has 0 aliphatic heterocycles. The molecule has 0 bridgehead atoms. The molecule has 2 N–H and O–H groups in total. The Balaban J connectivity index is 3.00. The van der Waals surface area contributed by atoms with E-state index in [1.54, 1.807) is 18.2 Å². The molecule has 0 fully saturated rings. The minimum atomic E-state index is 0.308. The van der Waals surface area contributed by atoms with Crippen molar-refractivity contribution in [2.24, 2.45) is 5.90 Å². The van der Waals surface area contributed by atoms with Gasteiger partial charge in [0.2, 0.25) is 0 Å². The predicted molar refractivity (Wildman–Crippen MR) is 46.7 cm³/mol. The average molecular weight is 178 g/mol. The van der Waals surface area contributed by atoms with E-state index in [0.29, 0.717) is 17.9 Å². The van der Waals surface area contributed by atoms with Gasteiger partial charge in [0.25, 0.3) is 0 Å². The van der Waals surface area contributed by atoms with Gasteiger partial charge in [-0.1, -0.05) is 6.07 Å². The highest BCUT2D eigenvalue weighted by atomic mass is 16.6. The number of hydrogen-bond acceptors (Lipinski definition) is 4. The Kier molecular flexibility index (Phi) is 3.26. The Morgan fingerprint density at radius 2 is 2.31 bits per heavy atom. The van der Waals surface area contributed by atoms with Crippen LogP contribution in [0.15, 0.2) is 18.2 Å². The zero-order valence-corrected chi connectivity index (χ0v) is 7.28. The molecule has 0 saturated carbocycles. The highest BCUT2D eigenvalue weighted by molar-refractivity contribution is 5.45. The van der Waals surface area contributed by atoms with Crippen molar-refractivity contribution in [1.82, 2.24) is 0 Å². The first-order valence-corrected chi connectivity index (χ1v) is 3.70. The molecule has 4 heteroatoms. The minimum absolute atomic E-state index is 0.308. The van der Waals surface area contributed by atoms with E-state index >= 15 is 0 Å². The van der Waals surface area contributed by atoms with Crippen LogP contribution < -0.4 is 10.6 Å². The number of hydrogen-bond donors (Lipinski definition) is 1. The summed E-state index contributed by atoms with van der Waals surface area (Å²) in [5, 5.41) is 8.68.